The fourth-order valence-electron chi connectivity index (χ4n) is 2.06. The zero-order valence-corrected chi connectivity index (χ0v) is 11.7. The molecule has 2 aromatic carbocycles. The lowest BCUT2D eigenvalue weighted by molar-refractivity contribution is 1.13. The molecular formula is C18H17N3. The summed E-state index contributed by atoms with van der Waals surface area (Å²) in [5.41, 5.74) is 4.49. The van der Waals surface area contributed by atoms with E-state index in [1.165, 1.54) is 5.56 Å². The normalized spacial score (nSPS) is 10.1. The molecule has 0 atom stereocenters. The largest absolute Gasteiger partial charge is 0.381 e. The van der Waals surface area contributed by atoms with Crippen molar-refractivity contribution >= 4 is 17.1 Å². The first kappa shape index (κ1) is 13.2. The number of benzene rings is 2. The number of rotatable bonds is 5. The lowest BCUT2D eigenvalue weighted by atomic mass is 10.2. The number of hydrogen-bond donors (Lipinski definition) is 2. The van der Waals surface area contributed by atoms with Crippen molar-refractivity contribution in [3.05, 3.63) is 84.7 Å². The van der Waals surface area contributed by atoms with Crippen LogP contribution in [-0.4, -0.2) is 4.98 Å². The maximum absolute atomic E-state index is 4.02. The Morgan fingerprint density at radius 2 is 1.29 bits per heavy atom. The Morgan fingerprint density at radius 1 is 0.667 bits per heavy atom. The van der Waals surface area contributed by atoms with Gasteiger partial charge in [-0.25, -0.2) is 0 Å². The smallest absolute Gasteiger partial charge is 0.0401 e. The highest BCUT2D eigenvalue weighted by Crippen LogP contribution is 2.18. The van der Waals surface area contributed by atoms with E-state index in [1.54, 1.807) is 0 Å². The minimum Gasteiger partial charge on any atom is -0.381 e. The first-order valence-corrected chi connectivity index (χ1v) is 6.95. The van der Waals surface area contributed by atoms with Gasteiger partial charge in [0.05, 0.1) is 0 Å². The minimum absolute atomic E-state index is 0.800. The molecule has 104 valence electrons. The van der Waals surface area contributed by atoms with Crippen molar-refractivity contribution in [2.24, 2.45) is 0 Å². The highest BCUT2D eigenvalue weighted by atomic mass is 14.9. The van der Waals surface area contributed by atoms with Crippen LogP contribution in [0.5, 0.6) is 0 Å². The molecule has 0 saturated heterocycles. The summed E-state index contributed by atoms with van der Waals surface area (Å²) in [4.78, 5) is 4.02. The number of nitrogens with one attached hydrogen (secondary N) is 2. The van der Waals surface area contributed by atoms with Crippen LogP contribution in [0.15, 0.2) is 79.1 Å². The fourth-order valence-corrected chi connectivity index (χ4v) is 2.06. The van der Waals surface area contributed by atoms with Gasteiger partial charge in [0.2, 0.25) is 0 Å². The van der Waals surface area contributed by atoms with Crippen LogP contribution in [0.1, 0.15) is 5.56 Å². The van der Waals surface area contributed by atoms with Crippen LogP contribution < -0.4 is 10.6 Å². The molecule has 3 rings (SSSR count). The molecule has 0 aliphatic rings. The van der Waals surface area contributed by atoms with Gasteiger partial charge in [-0.1, -0.05) is 18.2 Å². The summed E-state index contributed by atoms with van der Waals surface area (Å²) in [5.74, 6) is 0. The molecule has 0 aliphatic carbocycles. The second kappa shape index (κ2) is 6.57. The molecule has 0 aliphatic heterocycles. The Hall–Kier alpha value is -2.81. The number of nitrogens with zero attached hydrogens (tertiary/aromatic N) is 1. The van der Waals surface area contributed by atoms with E-state index in [0.717, 1.165) is 23.6 Å². The molecule has 1 heterocycles. The maximum Gasteiger partial charge on any atom is 0.0401 e. The van der Waals surface area contributed by atoms with E-state index in [0.29, 0.717) is 0 Å². The van der Waals surface area contributed by atoms with Crippen molar-refractivity contribution in [1.29, 1.82) is 0 Å². The van der Waals surface area contributed by atoms with Gasteiger partial charge in [-0.3, -0.25) is 4.98 Å². The van der Waals surface area contributed by atoms with E-state index in [-0.39, 0.29) is 0 Å². The molecule has 3 aromatic rings. The third-order valence-corrected chi connectivity index (χ3v) is 3.19. The maximum atomic E-state index is 4.02. The quantitative estimate of drug-likeness (QED) is 0.723. The average Bonchev–Trinajstić information content (AvgIpc) is 2.56. The standard InChI is InChI=1S/C18H17N3/c1-2-4-17(5-3-1)21-18-8-6-16(7-9-18)20-14-15-10-12-19-13-11-15/h1-13,20-21H,14H2. The molecular weight excluding hydrogens is 258 g/mol. The van der Waals surface area contributed by atoms with E-state index in [9.17, 15) is 0 Å². The molecule has 3 nitrogen and oxygen atoms in total. The molecule has 1 aromatic heterocycles. The molecule has 0 bridgehead atoms. The summed E-state index contributed by atoms with van der Waals surface area (Å²) < 4.78 is 0. The summed E-state index contributed by atoms with van der Waals surface area (Å²) in [6.45, 7) is 0.800. The summed E-state index contributed by atoms with van der Waals surface area (Å²) in [6, 6.07) is 22.5. The van der Waals surface area contributed by atoms with E-state index < -0.39 is 0 Å². The van der Waals surface area contributed by atoms with Crippen molar-refractivity contribution in [2.75, 3.05) is 10.6 Å². The predicted molar refractivity (Wildman–Crippen MR) is 87.7 cm³/mol. The Morgan fingerprint density at radius 3 is 2.00 bits per heavy atom. The highest BCUT2D eigenvalue weighted by Gasteiger charge is 1.96. The Kier molecular flexibility index (Phi) is 4.12. The van der Waals surface area contributed by atoms with Gasteiger partial charge in [0.25, 0.3) is 0 Å². The van der Waals surface area contributed by atoms with Crippen LogP contribution in [0.25, 0.3) is 0 Å². The van der Waals surface area contributed by atoms with Crippen molar-refractivity contribution in [2.45, 2.75) is 6.54 Å². The monoisotopic (exact) mass is 275 g/mol. The lowest BCUT2D eigenvalue weighted by Gasteiger charge is -2.09. The van der Waals surface area contributed by atoms with Crippen LogP contribution in [0.3, 0.4) is 0 Å². The van der Waals surface area contributed by atoms with E-state index in [2.05, 4.69) is 52.0 Å². The Labute approximate surface area is 124 Å². The second-order valence-corrected chi connectivity index (χ2v) is 4.78. The van der Waals surface area contributed by atoms with Crippen molar-refractivity contribution < 1.29 is 0 Å². The summed E-state index contributed by atoms with van der Waals surface area (Å²) in [5, 5.41) is 6.77. The predicted octanol–water partition coefficient (Wildman–Crippen LogP) is 4.44. The van der Waals surface area contributed by atoms with Crippen LogP contribution in [0.2, 0.25) is 0 Å². The van der Waals surface area contributed by atoms with Gasteiger partial charge in [0.1, 0.15) is 0 Å². The summed E-state index contributed by atoms with van der Waals surface area (Å²) >= 11 is 0. The zero-order chi connectivity index (χ0) is 14.3. The van der Waals surface area contributed by atoms with Gasteiger partial charge < -0.3 is 10.6 Å². The number of para-hydroxylation sites is 1. The highest BCUT2D eigenvalue weighted by molar-refractivity contribution is 5.62. The Balaban J connectivity index is 1.59. The van der Waals surface area contributed by atoms with Crippen LogP contribution >= 0.6 is 0 Å². The molecule has 3 heteroatoms. The molecule has 0 unspecified atom stereocenters. The van der Waals surface area contributed by atoms with Gasteiger partial charge in [-0.15, -0.1) is 0 Å². The summed E-state index contributed by atoms with van der Waals surface area (Å²) in [7, 11) is 0. The fraction of sp³-hybridized carbons (Fsp3) is 0.0556. The molecule has 0 radical (unpaired) electrons. The van der Waals surface area contributed by atoms with Gasteiger partial charge in [-0.05, 0) is 54.1 Å². The molecule has 0 spiro atoms. The topological polar surface area (TPSA) is 37.0 Å². The third-order valence-electron chi connectivity index (χ3n) is 3.19. The Bertz CT molecular complexity index is 664. The van der Waals surface area contributed by atoms with Crippen LogP contribution in [0.4, 0.5) is 17.1 Å². The SMILES string of the molecule is c1ccc(Nc2ccc(NCc3ccncc3)cc2)cc1. The van der Waals surface area contributed by atoms with Crippen LogP contribution in [0, 0.1) is 0 Å². The minimum atomic E-state index is 0.800. The van der Waals surface area contributed by atoms with Gasteiger partial charge in [-0.2, -0.15) is 0 Å². The van der Waals surface area contributed by atoms with Gasteiger partial charge >= 0.3 is 0 Å². The zero-order valence-electron chi connectivity index (χ0n) is 11.7. The first-order chi connectivity index (χ1) is 10.4. The number of pyridine rings is 1. The number of hydrogen-bond acceptors (Lipinski definition) is 3. The number of anilines is 3. The van der Waals surface area contributed by atoms with Crippen molar-refractivity contribution in [1.82, 2.24) is 4.98 Å². The third kappa shape index (κ3) is 3.83. The molecule has 0 fully saturated rings. The lowest BCUT2D eigenvalue weighted by Crippen LogP contribution is -1.99. The van der Waals surface area contributed by atoms with E-state index in [1.807, 2.05) is 42.7 Å². The van der Waals surface area contributed by atoms with E-state index in [4.69, 9.17) is 0 Å². The molecule has 0 saturated carbocycles. The average molecular weight is 275 g/mol. The van der Waals surface area contributed by atoms with Crippen molar-refractivity contribution in [3.63, 3.8) is 0 Å². The molecule has 21 heavy (non-hydrogen) atoms. The molecule has 2 N–H and O–H groups in total. The van der Waals surface area contributed by atoms with Gasteiger partial charge in [0.15, 0.2) is 0 Å². The number of aromatic nitrogens is 1. The second-order valence-electron chi connectivity index (χ2n) is 4.78. The van der Waals surface area contributed by atoms with Crippen molar-refractivity contribution in [3.8, 4) is 0 Å². The molecule has 0 amide bonds. The first-order valence-electron chi connectivity index (χ1n) is 6.95. The van der Waals surface area contributed by atoms with E-state index >= 15 is 0 Å². The summed E-state index contributed by atoms with van der Waals surface area (Å²) in [6.07, 6.45) is 3.62. The van der Waals surface area contributed by atoms with Crippen LogP contribution in [-0.2, 0) is 6.54 Å². The van der Waals surface area contributed by atoms with Gasteiger partial charge in [0, 0.05) is 36.0 Å².